The summed E-state index contributed by atoms with van der Waals surface area (Å²) in [7, 11) is 0. The van der Waals surface area contributed by atoms with Gasteiger partial charge in [0, 0.05) is 39.3 Å². The lowest BCUT2D eigenvalue weighted by atomic mass is 9.56. The van der Waals surface area contributed by atoms with Gasteiger partial charge in [-0.1, -0.05) is 152 Å². The molecule has 0 aromatic heterocycles. The summed E-state index contributed by atoms with van der Waals surface area (Å²) in [5.74, 6) is 1.92. The molecule has 2 heteroatoms. The quantitative estimate of drug-likeness (QED) is 0.151. The van der Waals surface area contributed by atoms with E-state index in [9.17, 15) is 0 Å². The van der Waals surface area contributed by atoms with E-state index in [1.807, 2.05) is 0 Å². The fraction of sp³-hybridized carbons (Fsp3) is 0.286. The molecule has 0 fully saturated rings. The van der Waals surface area contributed by atoms with Crippen LogP contribution in [0.2, 0.25) is 0 Å². The minimum atomic E-state index is 0.175. The molecule has 0 saturated heterocycles. The Balaban J connectivity index is 1.29. The van der Waals surface area contributed by atoms with Crippen LogP contribution >= 0.6 is 15.9 Å². The van der Waals surface area contributed by atoms with E-state index in [1.54, 1.807) is 0 Å². The first-order valence-electron chi connectivity index (χ1n) is 16.7. The highest BCUT2D eigenvalue weighted by Crippen LogP contribution is 2.66. The summed E-state index contributed by atoms with van der Waals surface area (Å²) in [6, 6.07) is 36.7. The molecule has 0 aliphatic heterocycles. The molecule has 5 aromatic carbocycles. The van der Waals surface area contributed by atoms with Gasteiger partial charge < -0.3 is 4.74 Å². The predicted molar refractivity (Wildman–Crippen MR) is 183 cm³/mol. The lowest BCUT2D eigenvalue weighted by Crippen LogP contribution is -2.33. The van der Waals surface area contributed by atoms with Crippen LogP contribution in [0, 0.1) is 0 Å². The van der Waals surface area contributed by atoms with Crippen LogP contribution in [0.5, 0.6) is 5.75 Å². The summed E-state index contributed by atoms with van der Waals surface area (Å²) in [6.07, 6.45) is 7.57. The molecule has 218 valence electrons. The molecule has 0 N–H and O–H groups in total. The van der Waals surface area contributed by atoms with Gasteiger partial charge in [-0.05, 0) is 62.1 Å². The molecular formula is C42H37BrO. The molecule has 0 spiro atoms. The van der Waals surface area contributed by atoms with Crippen LogP contribution in [-0.2, 0) is 0 Å². The normalized spacial score (nSPS) is 20.7. The third-order valence-electron chi connectivity index (χ3n) is 10.9. The molecule has 1 nitrogen and oxygen atoms in total. The zero-order chi connectivity index (χ0) is 29.4. The van der Waals surface area contributed by atoms with Gasteiger partial charge in [0.1, 0.15) is 5.75 Å². The van der Waals surface area contributed by atoms with Crippen molar-refractivity contribution < 1.29 is 4.74 Å². The second kappa shape index (κ2) is 10.5. The lowest BCUT2D eigenvalue weighted by molar-refractivity contribution is 0.295. The van der Waals surface area contributed by atoms with Crippen molar-refractivity contribution in [1.82, 2.24) is 0 Å². The second-order valence-electron chi connectivity index (χ2n) is 13.2. The predicted octanol–water partition coefficient (Wildman–Crippen LogP) is 11.2. The molecule has 4 bridgehead atoms. The molecule has 0 radical (unpaired) electrons. The summed E-state index contributed by atoms with van der Waals surface area (Å²) in [6.45, 7) is 3.06. The summed E-state index contributed by atoms with van der Waals surface area (Å²) in [5.41, 5.74) is 17.3. The summed E-state index contributed by atoms with van der Waals surface area (Å²) < 4.78 is 8.51. The van der Waals surface area contributed by atoms with Gasteiger partial charge in [-0.25, -0.2) is 0 Å². The van der Waals surface area contributed by atoms with Gasteiger partial charge in [0.05, 0.1) is 6.61 Å². The first-order valence-corrected chi connectivity index (χ1v) is 17.5. The number of rotatable bonds is 8. The Bertz CT molecular complexity index is 1710. The molecule has 0 amide bonds. The summed E-state index contributed by atoms with van der Waals surface area (Å²) >= 11 is 4.36. The van der Waals surface area contributed by atoms with Crippen LogP contribution in [-0.4, -0.2) is 6.61 Å². The molecule has 0 saturated carbocycles. The zero-order valence-electron chi connectivity index (χ0n) is 25.3. The maximum atomic E-state index is 7.21. The Labute approximate surface area is 269 Å². The third-order valence-corrected chi connectivity index (χ3v) is 11.8. The van der Waals surface area contributed by atoms with E-state index in [4.69, 9.17) is 4.74 Å². The standard InChI is InChI=1S/C42H37BrO/c1-2-3-4-5-6-15-24-44-42-39-35-29-20-11-7-16-25(29)33(26-17-8-12-21-30(26)35)37(39)41(43)38-34-27-18-9-13-22-31(27)36(40(38)42)32-23-14-10-19-28(32)34/h7-14,16-23,33-36H,2-6,15,24H2,1H3. The maximum Gasteiger partial charge on any atom is 0.128 e. The van der Waals surface area contributed by atoms with E-state index in [1.165, 1.54) is 109 Å². The fourth-order valence-electron chi connectivity index (χ4n) is 9.18. The van der Waals surface area contributed by atoms with E-state index < -0.39 is 0 Å². The molecule has 5 aromatic rings. The Morgan fingerprint density at radius 3 is 1.14 bits per heavy atom. The van der Waals surface area contributed by atoms with E-state index in [0.29, 0.717) is 0 Å². The van der Waals surface area contributed by atoms with Crippen molar-refractivity contribution in [3.05, 3.63) is 168 Å². The van der Waals surface area contributed by atoms with Crippen LogP contribution < -0.4 is 4.74 Å². The van der Waals surface area contributed by atoms with Crippen molar-refractivity contribution in [3.8, 4) is 5.75 Å². The first kappa shape index (κ1) is 26.8. The highest BCUT2D eigenvalue weighted by molar-refractivity contribution is 9.10. The fourth-order valence-corrected chi connectivity index (χ4v) is 10.1. The van der Waals surface area contributed by atoms with Gasteiger partial charge in [0.25, 0.3) is 0 Å². The molecule has 44 heavy (non-hydrogen) atoms. The zero-order valence-corrected chi connectivity index (χ0v) is 26.9. The Morgan fingerprint density at radius 2 is 0.773 bits per heavy atom. The number of benzene rings is 5. The third kappa shape index (κ3) is 3.64. The Kier molecular flexibility index (Phi) is 6.38. The SMILES string of the molecule is CCCCCCCCOc1c2c(c(Br)c3c1C1c4ccccc4C3c3ccccc31)C1c3ccccc3C2c2ccccc21. The van der Waals surface area contributed by atoms with Gasteiger partial charge in [0.2, 0.25) is 0 Å². The number of hydrogen-bond acceptors (Lipinski definition) is 1. The van der Waals surface area contributed by atoms with E-state index in [2.05, 4.69) is 120 Å². The number of unbranched alkanes of at least 4 members (excludes halogenated alkanes) is 5. The van der Waals surface area contributed by atoms with Crippen molar-refractivity contribution in [3.63, 3.8) is 0 Å². The average molecular weight is 638 g/mol. The monoisotopic (exact) mass is 636 g/mol. The van der Waals surface area contributed by atoms with E-state index in [-0.39, 0.29) is 23.7 Å². The minimum Gasteiger partial charge on any atom is -0.493 e. The topological polar surface area (TPSA) is 9.23 Å². The lowest BCUT2D eigenvalue weighted by Gasteiger charge is -2.48. The summed E-state index contributed by atoms with van der Waals surface area (Å²) in [4.78, 5) is 0. The summed E-state index contributed by atoms with van der Waals surface area (Å²) in [5, 5.41) is 0. The highest BCUT2D eigenvalue weighted by Gasteiger charge is 2.50. The van der Waals surface area contributed by atoms with Crippen LogP contribution in [0.15, 0.2) is 102 Å². The number of ether oxygens (including phenoxy) is 1. The van der Waals surface area contributed by atoms with Crippen LogP contribution in [0.4, 0.5) is 0 Å². The maximum absolute atomic E-state index is 7.21. The molecule has 0 unspecified atom stereocenters. The number of halogens is 1. The van der Waals surface area contributed by atoms with Gasteiger partial charge in [0.15, 0.2) is 0 Å². The molecule has 6 aliphatic carbocycles. The van der Waals surface area contributed by atoms with E-state index in [0.717, 1.165) is 13.0 Å². The average Bonchev–Trinajstić information content (AvgIpc) is 3.08. The van der Waals surface area contributed by atoms with E-state index >= 15 is 0 Å². The second-order valence-corrected chi connectivity index (χ2v) is 14.0. The molecule has 0 heterocycles. The first-order chi connectivity index (χ1) is 21.8. The molecule has 6 aliphatic rings. The number of hydrogen-bond donors (Lipinski definition) is 0. The molecular weight excluding hydrogens is 600 g/mol. The minimum absolute atomic E-state index is 0.175. The van der Waals surface area contributed by atoms with Crippen LogP contribution in [0.3, 0.4) is 0 Å². The van der Waals surface area contributed by atoms with Crippen LogP contribution in [0.1, 0.15) is 136 Å². The van der Waals surface area contributed by atoms with Crippen molar-refractivity contribution in [2.75, 3.05) is 6.61 Å². The van der Waals surface area contributed by atoms with Crippen molar-refractivity contribution in [2.24, 2.45) is 0 Å². The van der Waals surface area contributed by atoms with Crippen molar-refractivity contribution in [2.45, 2.75) is 69.1 Å². The Morgan fingerprint density at radius 1 is 0.455 bits per heavy atom. The molecule has 11 rings (SSSR count). The highest BCUT2D eigenvalue weighted by atomic mass is 79.9. The smallest absolute Gasteiger partial charge is 0.128 e. The van der Waals surface area contributed by atoms with Gasteiger partial charge >= 0.3 is 0 Å². The largest absolute Gasteiger partial charge is 0.493 e. The van der Waals surface area contributed by atoms with Crippen molar-refractivity contribution in [1.29, 1.82) is 0 Å². The van der Waals surface area contributed by atoms with Gasteiger partial charge in [-0.2, -0.15) is 0 Å². The Hall–Kier alpha value is -3.62. The van der Waals surface area contributed by atoms with Crippen LogP contribution in [0.25, 0.3) is 0 Å². The van der Waals surface area contributed by atoms with Gasteiger partial charge in [-0.15, -0.1) is 0 Å². The van der Waals surface area contributed by atoms with Gasteiger partial charge in [-0.3, -0.25) is 0 Å². The molecule has 0 atom stereocenters. The van der Waals surface area contributed by atoms with Crippen molar-refractivity contribution >= 4 is 15.9 Å².